The van der Waals surface area contributed by atoms with E-state index >= 15 is 0 Å². The Morgan fingerprint density at radius 1 is 0.958 bits per heavy atom. The summed E-state index contributed by atoms with van der Waals surface area (Å²) in [6.07, 6.45) is 0. The molecule has 5 nitrogen and oxygen atoms in total. The highest BCUT2D eigenvalue weighted by Gasteiger charge is 2.16. The van der Waals surface area contributed by atoms with Crippen molar-refractivity contribution >= 4 is 23.2 Å². The monoisotopic (exact) mass is 335 g/mol. The lowest BCUT2D eigenvalue weighted by Gasteiger charge is -2.10. The van der Waals surface area contributed by atoms with Gasteiger partial charge in [0.05, 0.1) is 5.69 Å². The maximum absolute atomic E-state index is 6.37. The second kappa shape index (κ2) is 5.62. The SMILES string of the molecule is Cc1nc2nc(-c3ccccc3)nn2c(N)c1-c1cccc(Cl)c1. The zero-order valence-corrected chi connectivity index (χ0v) is 13.7. The van der Waals surface area contributed by atoms with Crippen LogP contribution in [0.25, 0.3) is 28.3 Å². The zero-order chi connectivity index (χ0) is 16.7. The van der Waals surface area contributed by atoms with E-state index in [-0.39, 0.29) is 0 Å². The van der Waals surface area contributed by atoms with E-state index in [1.54, 1.807) is 4.52 Å². The maximum Gasteiger partial charge on any atom is 0.254 e. The van der Waals surface area contributed by atoms with Gasteiger partial charge in [0.25, 0.3) is 5.78 Å². The van der Waals surface area contributed by atoms with E-state index in [1.807, 2.05) is 61.5 Å². The Labute approximate surface area is 143 Å². The average molecular weight is 336 g/mol. The van der Waals surface area contributed by atoms with E-state index in [1.165, 1.54) is 0 Å². The number of aromatic nitrogens is 4. The number of hydrogen-bond donors (Lipinski definition) is 1. The summed E-state index contributed by atoms with van der Waals surface area (Å²) in [6.45, 7) is 1.91. The minimum atomic E-state index is 0.481. The second-order valence-electron chi connectivity index (χ2n) is 5.48. The minimum Gasteiger partial charge on any atom is -0.383 e. The molecule has 0 spiro atoms. The van der Waals surface area contributed by atoms with Gasteiger partial charge in [-0.25, -0.2) is 4.98 Å². The number of nitrogens with two attached hydrogens (primary N) is 1. The fraction of sp³-hybridized carbons (Fsp3) is 0.0556. The summed E-state index contributed by atoms with van der Waals surface area (Å²) in [5, 5.41) is 5.17. The quantitative estimate of drug-likeness (QED) is 0.601. The van der Waals surface area contributed by atoms with Gasteiger partial charge in [-0.3, -0.25) is 0 Å². The fourth-order valence-corrected chi connectivity index (χ4v) is 2.94. The molecular formula is C18H14ClN5. The molecule has 0 aliphatic carbocycles. The number of fused-ring (bicyclic) bond motifs is 1. The molecule has 0 aliphatic heterocycles. The van der Waals surface area contributed by atoms with Gasteiger partial charge >= 0.3 is 0 Å². The van der Waals surface area contributed by atoms with Crippen LogP contribution in [0.2, 0.25) is 5.02 Å². The van der Waals surface area contributed by atoms with Crippen LogP contribution in [0.3, 0.4) is 0 Å². The van der Waals surface area contributed by atoms with E-state index in [9.17, 15) is 0 Å². The molecule has 2 aromatic heterocycles. The van der Waals surface area contributed by atoms with Crippen LogP contribution in [0.1, 0.15) is 5.69 Å². The van der Waals surface area contributed by atoms with Gasteiger partial charge in [-0.1, -0.05) is 54.1 Å². The third-order valence-electron chi connectivity index (χ3n) is 3.85. The Hall–Kier alpha value is -2.92. The van der Waals surface area contributed by atoms with E-state index in [4.69, 9.17) is 17.3 Å². The first-order valence-corrected chi connectivity index (χ1v) is 7.85. The van der Waals surface area contributed by atoms with Crippen LogP contribution in [0.15, 0.2) is 54.6 Å². The van der Waals surface area contributed by atoms with Gasteiger partial charge in [0.1, 0.15) is 5.82 Å². The normalized spacial score (nSPS) is 11.1. The maximum atomic E-state index is 6.37. The summed E-state index contributed by atoms with van der Waals surface area (Å²) in [5.41, 5.74) is 9.80. The number of rotatable bonds is 2. The molecule has 2 N–H and O–H groups in total. The number of anilines is 1. The summed E-state index contributed by atoms with van der Waals surface area (Å²) in [5.74, 6) is 1.57. The minimum absolute atomic E-state index is 0.481. The Morgan fingerprint density at radius 2 is 1.71 bits per heavy atom. The lowest BCUT2D eigenvalue weighted by Crippen LogP contribution is -2.05. The van der Waals surface area contributed by atoms with Crippen molar-refractivity contribution in [2.45, 2.75) is 6.92 Å². The molecule has 0 unspecified atom stereocenters. The molecule has 0 fully saturated rings. The summed E-state index contributed by atoms with van der Waals surface area (Å²) in [7, 11) is 0. The first kappa shape index (κ1) is 14.7. The van der Waals surface area contributed by atoms with Crippen molar-refractivity contribution in [3.63, 3.8) is 0 Å². The highest BCUT2D eigenvalue weighted by molar-refractivity contribution is 6.30. The van der Waals surface area contributed by atoms with Crippen molar-refractivity contribution in [3.05, 3.63) is 65.3 Å². The van der Waals surface area contributed by atoms with Crippen LogP contribution in [-0.4, -0.2) is 19.6 Å². The topological polar surface area (TPSA) is 69.1 Å². The number of aryl methyl sites for hydroxylation is 1. The smallest absolute Gasteiger partial charge is 0.254 e. The molecule has 4 rings (SSSR count). The number of nitrogen functional groups attached to an aromatic ring is 1. The van der Waals surface area contributed by atoms with Crippen molar-refractivity contribution in [2.75, 3.05) is 5.73 Å². The van der Waals surface area contributed by atoms with Gasteiger partial charge in [0.15, 0.2) is 5.82 Å². The molecule has 24 heavy (non-hydrogen) atoms. The summed E-state index contributed by atoms with van der Waals surface area (Å²) in [4.78, 5) is 9.05. The van der Waals surface area contributed by atoms with Gasteiger partial charge < -0.3 is 5.73 Å². The molecule has 2 aromatic carbocycles. The molecule has 0 saturated heterocycles. The first-order valence-electron chi connectivity index (χ1n) is 7.47. The van der Waals surface area contributed by atoms with Gasteiger partial charge in [-0.05, 0) is 24.6 Å². The molecule has 4 aromatic rings. The number of benzene rings is 2. The highest BCUT2D eigenvalue weighted by atomic mass is 35.5. The molecule has 0 aliphatic rings. The van der Waals surface area contributed by atoms with Crippen LogP contribution in [0.4, 0.5) is 5.82 Å². The molecule has 118 valence electrons. The van der Waals surface area contributed by atoms with Gasteiger partial charge in [0, 0.05) is 16.1 Å². The van der Waals surface area contributed by atoms with Gasteiger partial charge in [0.2, 0.25) is 0 Å². The van der Waals surface area contributed by atoms with Crippen LogP contribution in [-0.2, 0) is 0 Å². The predicted molar refractivity (Wildman–Crippen MR) is 95.8 cm³/mol. The Balaban J connectivity index is 1.94. The lowest BCUT2D eigenvalue weighted by molar-refractivity contribution is 0.947. The molecule has 2 heterocycles. The van der Waals surface area contributed by atoms with Gasteiger partial charge in [-0.15, -0.1) is 5.10 Å². The average Bonchev–Trinajstić information content (AvgIpc) is 3.00. The fourth-order valence-electron chi connectivity index (χ4n) is 2.75. The predicted octanol–water partition coefficient (Wildman–Crippen LogP) is 4.00. The Bertz CT molecular complexity index is 1040. The summed E-state index contributed by atoms with van der Waals surface area (Å²) >= 11 is 6.11. The molecule has 0 bridgehead atoms. The van der Waals surface area contributed by atoms with E-state index < -0.39 is 0 Å². The lowest BCUT2D eigenvalue weighted by atomic mass is 10.1. The van der Waals surface area contributed by atoms with Crippen molar-refractivity contribution < 1.29 is 0 Å². The summed E-state index contributed by atoms with van der Waals surface area (Å²) < 4.78 is 1.57. The van der Waals surface area contributed by atoms with Gasteiger partial charge in [-0.2, -0.15) is 9.50 Å². The Morgan fingerprint density at radius 3 is 2.46 bits per heavy atom. The molecular weight excluding hydrogens is 322 g/mol. The third-order valence-corrected chi connectivity index (χ3v) is 4.08. The molecule has 0 amide bonds. The Kier molecular flexibility index (Phi) is 3.43. The van der Waals surface area contributed by atoms with Crippen molar-refractivity contribution in [3.8, 4) is 22.5 Å². The first-order chi connectivity index (χ1) is 11.6. The van der Waals surface area contributed by atoms with Crippen LogP contribution in [0.5, 0.6) is 0 Å². The van der Waals surface area contributed by atoms with Crippen LogP contribution >= 0.6 is 11.6 Å². The standard InChI is InChI=1S/C18H14ClN5/c1-11-15(13-8-5-9-14(19)10-13)16(20)24-18(21-11)22-17(23-24)12-6-3-2-4-7-12/h2-10H,20H2,1H3. The second-order valence-corrected chi connectivity index (χ2v) is 5.92. The largest absolute Gasteiger partial charge is 0.383 e. The van der Waals surface area contributed by atoms with Crippen molar-refractivity contribution in [1.82, 2.24) is 19.6 Å². The highest BCUT2D eigenvalue weighted by Crippen LogP contribution is 2.31. The molecule has 0 radical (unpaired) electrons. The zero-order valence-electron chi connectivity index (χ0n) is 12.9. The number of hydrogen-bond acceptors (Lipinski definition) is 4. The number of halogens is 1. The van der Waals surface area contributed by atoms with Crippen molar-refractivity contribution in [2.24, 2.45) is 0 Å². The molecule has 0 saturated carbocycles. The molecule has 0 atom stereocenters. The van der Waals surface area contributed by atoms with Crippen LogP contribution < -0.4 is 5.73 Å². The molecule has 6 heteroatoms. The van der Waals surface area contributed by atoms with E-state index in [0.717, 1.165) is 22.4 Å². The summed E-state index contributed by atoms with van der Waals surface area (Å²) in [6, 6.07) is 17.3. The third kappa shape index (κ3) is 2.39. The van der Waals surface area contributed by atoms with E-state index in [2.05, 4.69) is 15.1 Å². The van der Waals surface area contributed by atoms with Crippen molar-refractivity contribution in [1.29, 1.82) is 0 Å². The van der Waals surface area contributed by atoms with Crippen LogP contribution in [0, 0.1) is 6.92 Å². The number of nitrogens with zero attached hydrogens (tertiary/aromatic N) is 4. The van der Waals surface area contributed by atoms with E-state index in [0.29, 0.717) is 22.4 Å².